The molecule has 4 N–H and O–H groups in total. The van der Waals surface area contributed by atoms with Crippen LogP contribution in [0.1, 0.15) is 34.6 Å². The van der Waals surface area contributed by atoms with Crippen LogP contribution in [0.3, 0.4) is 0 Å². The Morgan fingerprint density at radius 3 is 1.27 bits per heavy atom. The van der Waals surface area contributed by atoms with Gasteiger partial charge in [0.1, 0.15) is 0 Å². The zero-order valence-corrected chi connectivity index (χ0v) is 8.96. The second kappa shape index (κ2) is 3.74. The summed E-state index contributed by atoms with van der Waals surface area (Å²) in [5.41, 5.74) is 11.0. The lowest BCUT2D eigenvalue weighted by Crippen LogP contribution is -2.59. The summed E-state index contributed by atoms with van der Waals surface area (Å²) in [5, 5.41) is 0. The molecule has 0 aliphatic rings. The lowest BCUT2D eigenvalue weighted by molar-refractivity contribution is 0.121. The van der Waals surface area contributed by atoms with E-state index < -0.39 is 5.66 Å². The van der Waals surface area contributed by atoms with Gasteiger partial charge in [-0.15, -0.1) is 12.4 Å². The molecule has 0 unspecified atom stereocenters. The second-order valence-corrected chi connectivity index (χ2v) is 4.16. The van der Waals surface area contributed by atoms with Crippen molar-refractivity contribution in [2.75, 3.05) is 0 Å². The number of hydrogen-bond donors (Lipinski definition) is 2. The Morgan fingerprint density at radius 1 is 1.00 bits per heavy atom. The molecule has 70 valence electrons. The summed E-state index contributed by atoms with van der Waals surface area (Å²) in [6.45, 7) is 10.3. The van der Waals surface area contributed by atoms with Gasteiger partial charge in [-0.2, -0.15) is 0 Å². The van der Waals surface area contributed by atoms with Gasteiger partial charge >= 0.3 is 0 Å². The van der Waals surface area contributed by atoms with E-state index in [1.54, 1.807) is 0 Å². The molecule has 0 heterocycles. The summed E-state index contributed by atoms with van der Waals surface area (Å²) >= 11 is 0. The Bertz CT molecular complexity index is 114. The Morgan fingerprint density at radius 2 is 1.27 bits per heavy atom. The number of halogens is 1. The van der Waals surface area contributed by atoms with E-state index in [1.807, 2.05) is 6.92 Å². The topological polar surface area (TPSA) is 52.0 Å². The summed E-state index contributed by atoms with van der Waals surface area (Å²) in [6.07, 6.45) is 0. The SMILES string of the molecule is CC(C)C(C)(C)C(C)(N)N.Cl. The molecule has 0 saturated heterocycles. The molecule has 0 saturated carbocycles. The predicted octanol–water partition coefficient (Wildman–Crippen LogP) is 1.72. The van der Waals surface area contributed by atoms with Gasteiger partial charge in [0.15, 0.2) is 0 Å². The number of rotatable bonds is 2. The van der Waals surface area contributed by atoms with Gasteiger partial charge in [-0.05, 0) is 18.3 Å². The highest BCUT2D eigenvalue weighted by Gasteiger charge is 2.36. The molecule has 0 atom stereocenters. The molecular formula is C8H21ClN2. The minimum Gasteiger partial charge on any atom is -0.313 e. The molecule has 0 aromatic rings. The lowest BCUT2D eigenvalue weighted by atomic mass is 9.72. The normalized spacial score (nSPS) is 13.1. The predicted molar refractivity (Wildman–Crippen MR) is 52.6 cm³/mol. The van der Waals surface area contributed by atoms with Crippen LogP contribution in [0.15, 0.2) is 0 Å². The molecular weight excluding hydrogens is 160 g/mol. The third-order valence-electron chi connectivity index (χ3n) is 2.83. The van der Waals surface area contributed by atoms with Gasteiger partial charge in [0.05, 0.1) is 5.66 Å². The molecule has 0 aliphatic carbocycles. The van der Waals surface area contributed by atoms with Gasteiger partial charge in [0.2, 0.25) is 0 Å². The standard InChI is InChI=1S/C8H20N2.ClH/c1-6(2)7(3,4)8(5,9)10;/h6H,9-10H2,1-5H3;1H. The monoisotopic (exact) mass is 180 g/mol. The molecule has 11 heavy (non-hydrogen) atoms. The van der Waals surface area contributed by atoms with Gasteiger partial charge in [-0.1, -0.05) is 27.7 Å². The molecule has 0 radical (unpaired) electrons. The van der Waals surface area contributed by atoms with E-state index in [9.17, 15) is 0 Å². The maximum absolute atomic E-state index is 5.79. The summed E-state index contributed by atoms with van der Waals surface area (Å²) < 4.78 is 0. The van der Waals surface area contributed by atoms with E-state index in [4.69, 9.17) is 11.5 Å². The number of hydrogen-bond acceptors (Lipinski definition) is 2. The fraction of sp³-hybridized carbons (Fsp3) is 1.00. The molecule has 0 fully saturated rings. The van der Waals surface area contributed by atoms with Crippen LogP contribution in [0.5, 0.6) is 0 Å². The molecule has 3 heteroatoms. The average Bonchev–Trinajstić information content (AvgIpc) is 1.62. The Hall–Kier alpha value is 0.210. The van der Waals surface area contributed by atoms with Crippen LogP contribution < -0.4 is 11.5 Å². The first-order valence-corrected chi connectivity index (χ1v) is 3.77. The van der Waals surface area contributed by atoms with Gasteiger partial charge in [0, 0.05) is 0 Å². The lowest BCUT2D eigenvalue weighted by Gasteiger charge is -2.41. The summed E-state index contributed by atoms with van der Waals surface area (Å²) in [6, 6.07) is 0. The fourth-order valence-electron chi connectivity index (χ4n) is 0.622. The fourth-order valence-corrected chi connectivity index (χ4v) is 0.622. The molecule has 0 aromatic carbocycles. The van der Waals surface area contributed by atoms with E-state index in [2.05, 4.69) is 27.7 Å². The zero-order chi connectivity index (χ0) is 8.58. The quantitative estimate of drug-likeness (QED) is 0.636. The van der Waals surface area contributed by atoms with E-state index in [0.29, 0.717) is 5.92 Å². The van der Waals surface area contributed by atoms with Crippen LogP contribution in [0.25, 0.3) is 0 Å². The van der Waals surface area contributed by atoms with Crippen molar-refractivity contribution in [3.05, 3.63) is 0 Å². The molecule has 2 nitrogen and oxygen atoms in total. The molecule has 0 spiro atoms. The zero-order valence-electron chi connectivity index (χ0n) is 8.14. The van der Waals surface area contributed by atoms with Crippen molar-refractivity contribution in [1.82, 2.24) is 0 Å². The highest BCUT2D eigenvalue weighted by molar-refractivity contribution is 5.85. The van der Waals surface area contributed by atoms with Crippen molar-refractivity contribution in [1.29, 1.82) is 0 Å². The Kier molecular flexibility index (Phi) is 4.69. The maximum atomic E-state index is 5.79. The first-order valence-electron chi connectivity index (χ1n) is 3.77. The summed E-state index contributed by atoms with van der Waals surface area (Å²) in [5.74, 6) is 0.507. The van der Waals surface area contributed by atoms with Crippen molar-refractivity contribution in [3.8, 4) is 0 Å². The van der Waals surface area contributed by atoms with E-state index in [-0.39, 0.29) is 17.8 Å². The van der Waals surface area contributed by atoms with Crippen LogP contribution in [-0.4, -0.2) is 5.66 Å². The van der Waals surface area contributed by atoms with Gasteiger partial charge in [0.25, 0.3) is 0 Å². The summed E-state index contributed by atoms with van der Waals surface area (Å²) in [7, 11) is 0. The van der Waals surface area contributed by atoms with Crippen LogP contribution in [0.4, 0.5) is 0 Å². The van der Waals surface area contributed by atoms with Crippen molar-refractivity contribution in [3.63, 3.8) is 0 Å². The van der Waals surface area contributed by atoms with Crippen LogP contribution >= 0.6 is 12.4 Å². The smallest absolute Gasteiger partial charge is 0.0662 e. The van der Waals surface area contributed by atoms with Crippen LogP contribution in [0.2, 0.25) is 0 Å². The minimum absolute atomic E-state index is 0. The van der Waals surface area contributed by atoms with Crippen molar-refractivity contribution < 1.29 is 0 Å². The third-order valence-corrected chi connectivity index (χ3v) is 2.83. The minimum atomic E-state index is -0.582. The molecule has 0 rings (SSSR count). The van der Waals surface area contributed by atoms with Crippen molar-refractivity contribution >= 4 is 12.4 Å². The highest BCUT2D eigenvalue weighted by atomic mass is 35.5. The van der Waals surface area contributed by atoms with E-state index in [1.165, 1.54) is 0 Å². The molecule has 0 bridgehead atoms. The largest absolute Gasteiger partial charge is 0.313 e. The second-order valence-electron chi connectivity index (χ2n) is 4.16. The van der Waals surface area contributed by atoms with Crippen molar-refractivity contribution in [2.45, 2.75) is 40.3 Å². The highest BCUT2D eigenvalue weighted by Crippen LogP contribution is 2.32. The molecule has 0 aromatic heterocycles. The Labute approximate surface area is 76.1 Å². The van der Waals surface area contributed by atoms with Gasteiger partial charge in [-0.25, -0.2) is 0 Å². The first-order chi connectivity index (χ1) is 4.19. The van der Waals surface area contributed by atoms with Crippen molar-refractivity contribution in [2.24, 2.45) is 22.8 Å². The molecule has 0 amide bonds. The first kappa shape index (κ1) is 13.8. The van der Waals surface area contributed by atoms with E-state index in [0.717, 1.165) is 0 Å². The van der Waals surface area contributed by atoms with Gasteiger partial charge in [-0.3, -0.25) is 0 Å². The van der Waals surface area contributed by atoms with Crippen LogP contribution in [-0.2, 0) is 0 Å². The van der Waals surface area contributed by atoms with Gasteiger partial charge < -0.3 is 11.5 Å². The third kappa shape index (κ3) is 2.97. The molecule has 0 aliphatic heterocycles. The Balaban J connectivity index is 0. The average molecular weight is 181 g/mol. The van der Waals surface area contributed by atoms with Crippen LogP contribution in [0, 0.1) is 11.3 Å². The van der Waals surface area contributed by atoms with E-state index >= 15 is 0 Å². The summed E-state index contributed by atoms with van der Waals surface area (Å²) in [4.78, 5) is 0. The maximum Gasteiger partial charge on any atom is 0.0662 e. The number of nitrogens with two attached hydrogens (primary N) is 2.